The molecule has 16 heavy (non-hydrogen) atoms. The number of ketones is 1. The van der Waals surface area contributed by atoms with E-state index in [-0.39, 0.29) is 5.78 Å². The number of alkyl halides is 1. The summed E-state index contributed by atoms with van der Waals surface area (Å²) >= 11 is 3.37. The predicted molar refractivity (Wildman–Crippen MR) is 72.5 cm³/mol. The van der Waals surface area contributed by atoms with Crippen molar-refractivity contribution in [3.05, 3.63) is 35.4 Å². The van der Waals surface area contributed by atoms with Gasteiger partial charge in [-0.2, -0.15) is 0 Å². The van der Waals surface area contributed by atoms with E-state index >= 15 is 0 Å². The first-order valence-corrected chi connectivity index (χ1v) is 6.96. The standard InChI is InChI=1S/C14H19BrO/c1-11(2)12-6-8-13(9-7-12)14(16)5-3-4-10-15/h6-9,11H,3-5,10H2,1-2H3. The Morgan fingerprint density at radius 3 is 2.31 bits per heavy atom. The molecule has 1 aromatic rings. The molecule has 1 aromatic carbocycles. The number of hydrogen-bond donors (Lipinski definition) is 0. The molecular formula is C14H19BrO. The highest BCUT2D eigenvalue weighted by Gasteiger charge is 2.06. The molecule has 0 unspecified atom stereocenters. The normalized spacial score (nSPS) is 10.8. The fourth-order valence-electron chi connectivity index (χ4n) is 1.58. The SMILES string of the molecule is CC(C)c1ccc(C(=O)CCCCBr)cc1. The molecule has 0 aliphatic rings. The van der Waals surface area contributed by atoms with Crippen LogP contribution in [-0.4, -0.2) is 11.1 Å². The fourth-order valence-corrected chi connectivity index (χ4v) is 1.97. The summed E-state index contributed by atoms with van der Waals surface area (Å²) in [6.07, 6.45) is 2.69. The minimum absolute atomic E-state index is 0.260. The summed E-state index contributed by atoms with van der Waals surface area (Å²) in [6.45, 7) is 4.32. The Labute approximate surface area is 106 Å². The van der Waals surface area contributed by atoms with E-state index in [4.69, 9.17) is 0 Å². The van der Waals surface area contributed by atoms with Gasteiger partial charge in [0.05, 0.1) is 0 Å². The Bertz CT molecular complexity index is 327. The van der Waals surface area contributed by atoms with E-state index in [9.17, 15) is 4.79 Å². The highest BCUT2D eigenvalue weighted by molar-refractivity contribution is 9.09. The lowest BCUT2D eigenvalue weighted by atomic mass is 9.99. The zero-order chi connectivity index (χ0) is 12.0. The van der Waals surface area contributed by atoms with E-state index in [1.165, 1.54) is 5.56 Å². The summed E-state index contributed by atoms with van der Waals surface area (Å²) in [5.74, 6) is 0.786. The molecule has 1 nitrogen and oxygen atoms in total. The Balaban J connectivity index is 2.56. The minimum atomic E-state index is 0.260. The van der Waals surface area contributed by atoms with E-state index in [0.717, 1.165) is 23.7 Å². The second kappa shape index (κ2) is 6.85. The maximum atomic E-state index is 11.8. The molecule has 0 spiro atoms. The zero-order valence-corrected chi connectivity index (χ0v) is 11.6. The van der Waals surface area contributed by atoms with Crippen LogP contribution in [0.1, 0.15) is 54.9 Å². The van der Waals surface area contributed by atoms with Crippen LogP contribution in [0.4, 0.5) is 0 Å². The quantitative estimate of drug-likeness (QED) is 0.425. The van der Waals surface area contributed by atoms with E-state index in [0.29, 0.717) is 12.3 Å². The van der Waals surface area contributed by atoms with Crippen molar-refractivity contribution in [2.75, 3.05) is 5.33 Å². The van der Waals surface area contributed by atoms with Gasteiger partial charge in [0.15, 0.2) is 5.78 Å². The van der Waals surface area contributed by atoms with Gasteiger partial charge >= 0.3 is 0 Å². The third-order valence-corrected chi connectivity index (χ3v) is 3.25. The number of benzene rings is 1. The van der Waals surface area contributed by atoms with Crippen LogP contribution >= 0.6 is 15.9 Å². The number of unbranched alkanes of at least 4 members (excludes halogenated alkanes) is 1. The van der Waals surface area contributed by atoms with Crippen LogP contribution in [0.5, 0.6) is 0 Å². The summed E-state index contributed by atoms with van der Waals surface area (Å²) < 4.78 is 0. The molecule has 0 amide bonds. The van der Waals surface area contributed by atoms with Crippen molar-refractivity contribution in [3.63, 3.8) is 0 Å². The van der Waals surface area contributed by atoms with Crippen molar-refractivity contribution in [1.29, 1.82) is 0 Å². The average Bonchev–Trinajstić information content (AvgIpc) is 2.29. The number of halogens is 1. The fraction of sp³-hybridized carbons (Fsp3) is 0.500. The monoisotopic (exact) mass is 282 g/mol. The van der Waals surface area contributed by atoms with E-state index < -0.39 is 0 Å². The minimum Gasteiger partial charge on any atom is -0.294 e. The van der Waals surface area contributed by atoms with Crippen LogP contribution in [-0.2, 0) is 0 Å². The second-order valence-electron chi connectivity index (χ2n) is 4.35. The smallest absolute Gasteiger partial charge is 0.162 e. The number of hydrogen-bond acceptors (Lipinski definition) is 1. The molecule has 0 fully saturated rings. The van der Waals surface area contributed by atoms with Crippen LogP contribution in [0.2, 0.25) is 0 Å². The average molecular weight is 283 g/mol. The summed E-state index contributed by atoms with van der Waals surface area (Å²) in [5, 5.41) is 0.979. The molecule has 0 N–H and O–H groups in total. The van der Waals surface area contributed by atoms with E-state index in [1.807, 2.05) is 12.1 Å². The largest absolute Gasteiger partial charge is 0.294 e. The van der Waals surface area contributed by atoms with Crippen LogP contribution in [0.25, 0.3) is 0 Å². The Hall–Kier alpha value is -0.630. The van der Waals surface area contributed by atoms with Gasteiger partial charge in [-0.15, -0.1) is 0 Å². The molecule has 0 aliphatic heterocycles. The van der Waals surface area contributed by atoms with Crippen LogP contribution in [0.3, 0.4) is 0 Å². The molecule has 0 bridgehead atoms. The molecule has 88 valence electrons. The number of rotatable bonds is 6. The Morgan fingerprint density at radius 2 is 1.81 bits per heavy atom. The summed E-state index contributed by atoms with van der Waals surface area (Å²) in [4.78, 5) is 11.8. The molecule has 0 aromatic heterocycles. The predicted octanol–water partition coefficient (Wildman–Crippen LogP) is 4.56. The van der Waals surface area contributed by atoms with Gasteiger partial charge < -0.3 is 0 Å². The molecule has 1 rings (SSSR count). The van der Waals surface area contributed by atoms with Crippen molar-refractivity contribution in [2.45, 2.75) is 39.0 Å². The topological polar surface area (TPSA) is 17.1 Å². The van der Waals surface area contributed by atoms with Crippen molar-refractivity contribution in [3.8, 4) is 0 Å². The summed E-state index contributed by atoms with van der Waals surface area (Å²) in [7, 11) is 0. The first kappa shape index (κ1) is 13.4. The van der Waals surface area contributed by atoms with Gasteiger partial charge in [-0.05, 0) is 24.3 Å². The number of Topliss-reactive ketones (excluding diaryl/α,β-unsaturated/α-hetero) is 1. The second-order valence-corrected chi connectivity index (χ2v) is 5.14. The highest BCUT2D eigenvalue weighted by Crippen LogP contribution is 2.16. The molecule has 0 heterocycles. The molecule has 0 saturated carbocycles. The van der Waals surface area contributed by atoms with Gasteiger partial charge in [0, 0.05) is 17.3 Å². The van der Waals surface area contributed by atoms with Gasteiger partial charge in [-0.1, -0.05) is 54.0 Å². The Kier molecular flexibility index (Phi) is 5.75. The number of carbonyl (C=O) groups excluding carboxylic acids is 1. The maximum absolute atomic E-state index is 11.8. The van der Waals surface area contributed by atoms with Crippen molar-refractivity contribution in [2.24, 2.45) is 0 Å². The van der Waals surface area contributed by atoms with Crippen molar-refractivity contribution in [1.82, 2.24) is 0 Å². The first-order valence-electron chi connectivity index (χ1n) is 5.84. The van der Waals surface area contributed by atoms with Gasteiger partial charge in [-0.3, -0.25) is 4.79 Å². The molecule has 0 aliphatic carbocycles. The summed E-state index contributed by atoms with van der Waals surface area (Å²) in [6, 6.07) is 8.02. The maximum Gasteiger partial charge on any atom is 0.162 e. The first-order chi connectivity index (χ1) is 7.65. The lowest BCUT2D eigenvalue weighted by Gasteiger charge is -2.06. The van der Waals surface area contributed by atoms with Gasteiger partial charge in [0.25, 0.3) is 0 Å². The van der Waals surface area contributed by atoms with Crippen LogP contribution < -0.4 is 0 Å². The van der Waals surface area contributed by atoms with Crippen molar-refractivity contribution < 1.29 is 4.79 Å². The lowest BCUT2D eigenvalue weighted by Crippen LogP contribution is -1.99. The van der Waals surface area contributed by atoms with Gasteiger partial charge in [-0.25, -0.2) is 0 Å². The van der Waals surface area contributed by atoms with Crippen LogP contribution in [0.15, 0.2) is 24.3 Å². The van der Waals surface area contributed by atoms with Crippen LogP contribution in [0, 0.1) is 0 Å². The molecule has 0 atom stereocenters. The Morgan fingerprint density at radius 1 is 1.19 bits per heavy atom. The lowest BCUT2D eigenvalue weighted by molar-refractivity contribution is 0.0980. The van der Waals surface area contributed by atoms with E-state index in [1.54, 1.807) is 0 Å². The highest BCUT2D eigenvalue weighted by atomic mass is 79.9. The van der Waals surface area contributed by atoms with Crippen molar-refractivity contribution >= 4 is 21.7 Å². The zero-order valence-electron chi connectivity index (χ0n) is 10.0. The van der Waals surface area contributed by atoms with E-state index in [2.05, 4.69) is 41.9 Å². The molecular weight excluding hydrogens is 264 g/mol. The molecule has 2 heteroatoms. The molecule has 0 radical (unpaired) electrons. The van der Waals surface area contributed by atoms with Gasteiger partial charge in [0.1, 0.15) is 0 Å². The van der Waals surface area contributed by atoms with Gasteiger partial charge in [0.2, 0.25) is 0 Å². The summed E-state index contributed by atoms with van der Waals surface area (Å²) in [5.41, 5.74) is 2.14. The molecule has 0 saturated heterocycles. The number of carbonyl (C=O) groups is 1. The third-order valence-electron chi connectivity index (χ3n) is 2.69. The third kappa shape index (κ3) is 4.09.